The Labute approximate surface area is 64.6 Å². The highest BCUT2D eigenvalue weighted by molar-refractivity contribution is 5.05. The molecule has 0 radical (unpaired) electrons. The molecule has 3 atom stereocenters. The topological polar surface area (TPSA) is 42.7 Å². The molecule has 0 aromatic carbocycles. The van der Waals surface area contributed by atoms with E-state index in [0.29, 0.717) is 12.1 Å². The molecule has 1 aromatic heterocycles. The number of hydrogen-bond donors (Lipinski definition) is 1. The normalized spacial score (nSPS) is 40.5. The monoisotopic (exact) mass is 150 g/mol. The summed E-state index contributed by atoms with van der Waals surface area (Å²) in [7, 11) is 0. The van der Waals surface area contributed by atoms with E-state index in [1.54, 1.807) is 0 Å². The summed E-state index contributed by atoms with van der Waals surface area (Å²) >= 11 is 0. The molecule has 4 rings (SSSR count). The summed E-state index contributed by atoms with van der Waals surface area (Å²) in [5.41, 5.74) is 0. The van der Waals surface area contributed by atoms with Gasteiger partial charge in [0.05, 0.1) is 6.04 Å². The molecule has 4 nitrogen and oxygen atoms in total. The van der Waals surface area contributed by atoms with Gasteiger partial charge in [0.25, 0.3) is 0 Å². The van der Waals surface area contributed by atoms with Crippen molar-refractivity contribution >= 4 is 0 Å². The second kappa shape index (κ2) is 1.82. The van der Waals surface area contributed by atoms with Gasteiger partial charge in [-0.05, 0) is 12.3 Å². The van der Waals surface area contributed by atoms with Gasteiger partial charge in [-0.25, -0.2) is 0 Å². The zero-order valence-corrected chi connectivity index (χ0v) is 6.14. The molecule has 11 heavy (non-hydrogen) atoms. The van der Waals surface area contributed by atoms with Crippen LogP contribution in [0, 0.1) is 5.92 Å². The van der Waals surface area contributed by atoms with Crippen LogP contribution in [0.15, 0.2) is 12.7 Å². The summed E-state index contributed by atoms with van der Waals surface area (Å²) in [6.45, 7) is 1.17. The van der Waals surface area contributed by atoms with Crippen molar-refractivity contribution in [1.82, 2.24) is 20.1 Å². The van der Waals surface area contributed by atoms with Gasteiger partial charge in [0, 0.05) is 12.6 Å². The van der Waals surface area contributed by atoms with E-state index in [4.69, 9.17) is 0 Å². The molecule has 0 spiro atoms. The van der Waals surface area contributed by atoms with Gasteiger partial charge in [-0.15, -0.1) is 10.2 Å². The lowest BCUT2D eigenvalue weighted by Crippen LogP contribution is -2.38. The molecule has 1 saturated carbocycles. The second-order valence-electron chi connectivity index (χ2n) is 3.41. The maximum Gasteiger partial charge on any atom is 0.119 e. The van der Waals surface area contributed by atoms with E-state index in [9.17, 15) is 0 Å². The summed E-state index contributed by atoms with van der Waals surface area (Å²) in [6.07, 6.45) is 4.97. The molecule has 2 aliphatic heterocycles. The van der Waals surface area contributed by atoms with Crippen molar-refractivity contribution in [1.29, 1.82) is 0 Å². The van der Waals surface area contributed by atoms with Crippen LogP contribution in [0.3, 0.4) is 0 Å². The van der Waals surface area contributed by atoms with E-state index in [0.717, 1.165) is 5.92 Å². The smallest absolute Gasteiger partial charge is 0.119 e. The summed E-state index contributed by atoms with van der Waals surface area (Å²) in [4.78, 5) is 0. The predicted octanol–water partition coefficient (Wildman–Crippen LogP) is -0.189. The number of rotatable bonds is 1. The lowest BCUT2D eigenvalue weighted by atomic mass is 9.80. The van der Waals surface area contributed by atoms with Crippen molar-refractivity contribution in [2.75, 3.05) is 6.54 Å². The Balaban J connectivity index is 1.92. The van der Waals surface area contributed by atoms with Crippen LogP contribution in [0.4, 0.5) is 0 Å². The summed E-state index contributed by atoms with van der Waals surface area (Å²) < 4.78 is 2.12. The van der Waals surface area contributed by atoms with Crippen LogP contribution in [0.2, 0.25) is 0 Å². The van der Waals surface area contributed by atoms with Crippen molar-refractivity contribution in [3.63, 3.8) is 0 Å². The van der Waals surface area contributed by atoms with Crippen molar-refractivity contribution in [3.8, 4) is 0 Å². The standard InChI is InChI=1S/C7H10N4/c1-5-2-8-6(1)7(5)11-3-9-10-4-11/h3-8H,1-2H2. The van der Waals surface area contributed by atoms with E-state index in [1.807, 2.05) is 12.7 Å². The van der Waals surface area contributed by atoms with Crippen LogP contribution < -0.4 is 5.32 Å². The second-order valence-corrected chi connectivity index (χ2v) is 3.41. The summed E-state index contributed by atoms with van der Waals surface area (Å²) in [5, 5.41) is 11.1. The Morgan fingerprint density at radius 2 is 2.18 bits per heavy atom. The summed E-state index contributed by atoms with van der Waals surface area (Å²) in [6, 6.07) is 1.33. The SMILES string of the molecule is c1nncn1C1C2CNC1C2. The largest absolute Gasteiger partial charge is 0.315 e. The molecule has 58 valence electrons. The molecule has 1 aromatic rings. The first-order chi connectivity index (χ1) is 5.45. The van der Waals surface area contributed by atoms with E-state index in [1.165, 1.54) is 13.0 Å². The van der Waals surface area contributed by atoms with Gasteiger partial charge in [0.1, 0.15) is 12.7 Å². The summed E-state index contributed by atoms with van der Waals surface area (Å²) in [5.74, 6) is 0.830. The Morgan fingerprint density at radius 3 is 2.73 bits per heavy atom. The third kappa shape index (κ3) is 0.625. The first-order valence-corrected chi connectivity index (χ1v) is 4.02. The Morgan fingerprint density at radius 1 is 1.36 bits per heavy atom. The molecule has 3 unspecified atom stereocenters. The molecule has 3 fully saturated rings. The Kier molecular flexibility index (Phi) is 0.946. The predicted molar refractivity (Wildman–Crippen MR) is 39.0 cm³/mol. The van der Waals surface area contributed by atoms with Crippen LogP contribution in [-0.2, 0) is 0 Å². The highest BCUT2D eigenvalue weighted by atomic mass is 15.3. The fourth-order valence-corrected chi connectivity index (χ4v) is 2.26. The molecule has 1 aliphatic carbocycles. The van der Waals surface area contributed by atoms with E-state index < -0.39 is 0 Å². The average molecular weight is 150 g/mol. The molecular weight excluding hydrogens is 140 g/mol. The van der Waals surface area contributed by atoms with Gasteiger partial charge in [-0.2, -0.15) is 0 Å². The number of hydrogen-bond acceptors (Lipinski definition) is 3. The van der Waals surface area contributed by atoms with Crippen LogP contribution in [0.5, 0.6) is 0 Å². The maximum atomic E-state index is 3.81. The third-order valence-electron chi connectivity index (χ3n) is 2.88. The third-order valence-corrected chi connectivity index (χ3v) is 2.88. The molecule has 2 saturated heterocycles. The van der Waals surface area contributed by atoms with Gasteiger partial charge >= 0.3 is 0 Å². The maximum absolute atomic E-state index is 3.81. The van der Waals surface area contributed by atoms with E-state index in [2.05, 4.69) is 20.1 Å². The molecule has 1 N–H and O–H groups in total. The molecule has 3 aliphatic rings. The molecule has 3 heterocycles. The number of nitrogens with one attached hydrogen (secondary N) is 1. The average Bonchev–Trinajstić information content (AvgIpc) is 2.59. The molecule has 0 amide bonds. The van der Waals surface area contributed by atoms with Crippen LogP contribution in [-0.4, -0.2) is 27.4 Å². The zero-order valence-electron chi connectivity index (χ0n) is 6.14. The minimum atomic E-state index is 0.644. The van der Waals surface area contributed by atoms with E-state index in [-0.39, 0.29) is 0 Å². The first-order valence-electron chi connectivity index (χ1n) is 4.02. The van der Waals surface area contributed by atoms with Crippen molar-refractivity contribution in [2.45, 2.75) is 18.5 Å². The lowest BCUT2D eigenvalue weighted by Gasteiger charge is -2.34. The quantitative estimate of drug-likeness (QED) is 0.603. The first kappa shape index (κ1) is 5.71. The number of nitrogens with zero attached hydrogens (tertiary/aromatic N) is 3. The Hall–Kier alpha value is -0.900. The highest BCUT2D eigenvalue weighted by Gasteiger charge is 2.47. The van der Waals surface area contributed by atoms with Gasteiger partial charge < -0.3 is 9.88 Å². The van der Waals surface area contributed by atoms with E-state index >= 15 is 0 Å². The number of aromatic nitrogens is 3. The van der Waals surface area contributed by atoms with Gasteiger partial charge in [0.15, 0.2) is 0 Å². The van der Waals surface area contributed by atoms with Crippen molar-refractivity contribution in [2.24, 2.45) is 5.92 Å². The van der Waals surface area contributed by atoms with Gasteiger partial charge in [-0.1, -0.05) is 0 Å². The highest BCUT2D eigenvalue weighted by Crippen LogP contribution is 2.43. The number of fused-ring (bicyclic) bond motifs is 1. The van der Waals surface area contributed by atoms with Crippen LogP contribution in [0.25, 0.3) is 0 Å². The van der Waals surface area contributed by atoms with Crippen LogP contribution >= 0.6 is 0 Å². The van der Waals surface area contributed by atoms with Gasteiger partial charge in [0.2, 0.25) is 0 Å². The molecule has 2 bridgehead atoms. The Bertz CT molecular complexity index is 241. The fourth-order valence-electron chi connectivity index (χ4n) is 2.26. The lowest BCUT2D eigenvalue weighted by molar-refractivity contribution is 0.219. The minimum absolute atomic E-state index is 0.644. The minimum Gasteiger partial charge on any atom is -0.315 e. The fraction of sp³-hybridized carbons (Fsp3) is 0.714. The van der Waals surface area contributed by atoms with Crippen LogP contribution in [0.1, 0.15) is 12.5 Å². The van der Waals surface area contributed by atoms with Gasteiger partial charge in [-0.3, -0.25) is 0 Å². The molecule has 4 heteroatoms. The van der Waals surface area contributed by atoms with Crippen molar-refractivity contribution in [3.05, 3.63) is 12.7 Å². The van der Waals surface area contributed by atoms with Crippen molar-refractivity contribution < 1.29 is 0 Å². The molecular formula is C7H10N4. The zero-order chi connectivity index (χ0) is 7.26.